The Morgan fingerprint density at radius 3 is 3.11 bits per heavy atom. The predicted molar refractivity (Wildman–Crippen MR) is 69.7 cm³/mol. The van der Waals surface area contributed by atoms with Gasteiger partial charge in [-0.3, -0.25) is 0 Å². The zero-order valence-electron chi connectivity index (χ0n) is 9.70. The number of nitrogens with zero attached hydrogens (tertiary/aromatic N) is 2. The zero-order chi connectivity index (χ0) is 12.5. The first-order valence-corrected chi connectivity index (χ1v) is 5.89. The van der Waals surface area contributed by atoms with Crippen molar-refractivity contribution in [3.63, 3.8) is 0 Å². The van der Waals surface area contributed by atoms with Gasteiger partial charge in [-0.25, -0.2) is 4.98 Å². The predicted octanol–water partition coefficient (Wildman–Crippen LogP) is 3.12. The van der Waals surface area contributed by atoms with Crippen LogP contribution in [0.2, 0.25) is 5.28 Å². The number of aromatic nitrogens is 3. The van der Waals surface area contributed by atoms with E-state index >= 15 is 0 Å². The van der Waals surface area contributed by atoms with Gasteiger partial charge in [-0.1, -0.05) is 0 Å². The Morgan fingerprint density at radius 2 is 2.33 bits per heavy atom. The van der Waals surface area contributed by atoms with E-state index < -0.39 is 0 Å². The van der Waals surface area contributed by atoms with Crippen molar-refractivity contribution in [3.8, 4) is 0 Å². The lowest BCUT2D eigenvalue weighted by Crippen LogP contribution is -2.01. The summed E-state index contributed by atoms with van der Waals surface area (Å²) in [6.07, 6.45) is 3.53. The summed E-state index contributed by atoms with van der Waals surface area (Å²) < 4.78 is 5.24. The van der Waals surface area contributed by atoms with Crippen molar-refractivity contribution in [2.45, 2.75) is 13.5 Å². The molecular weight excluding hydrogens is 252 g/mol. The molecule has 0 bridgehead atoms. The van der Waals surface area contributed by atoms with Crippen molar-refractivity contribution in [3.05, 3.63) is 41.2 Å². The largest absolute Gasteiger partial charge is 0.469 e. The first-order valence-electron chi connectivity index (χ1n) is 5.51. The third-order valence-corrected chi connectivity index (χ3v) is 2.80. The van der Waals surface area contributed by atoms with Gasteiger partial charge in [0, 0.05) is 18.3 Å². The van der Waals surface area contributed by atoms with Crippen molar-refractivity contribution in [1.29, 1.82) is 0 Å². The maximum absolute atomic E-state index is 5.87. The van der Waals surface area contributed by atoms with Crippen LogP contribution in [0, 0.1) is 6.92 Å². The molecule has 6 heteroatoms. The van der Waals surface area contributed by atoms with Gasteiger partial charge in [0.05, 0.1) is 11.6 Å². The Labute approximate surface area is 108 Å². The van der Waals surface area contributed by atoms with E-state index in [1.165, 1.54) is 0 Å². The molecule has 0 saturated carbocycles. The van der Waals surface area contributed by atoms with E-state index in [0.29, 0.717) is 12.4 Å². The Kier molecular flexibility index (Phi) is 2.68. The van der Waals surface area contributed by atoms with Crippen molar-refractivity contribution in [1.82, 2.24) is 15.0 Å². The minimum Gasteiger partial charge on any atom is -0.469 e. The zero-order valence-corrected chi connectivity index (χ0v) is 10.5. The maximum atomic E-state index is 5.87. The second-order valence-electron chi connectivity index (χ2n) is 4.00. The molecule has 0 spiro atoms. The number of furan rings is 1. The van der Waals surface area contributed by atoms with Crippen molar-refractivity contribution in [2.75, 3.05) is 5.32 Å². The molecule has 0 amide bonds. The molecule has 2 N–H and O–H groups in total. The summed E-state index contributed by atoms with van der Waals surface area (Å²) >= 11 is 5.87. The van der Waals surface area contributed by atoms with E-state index in [4.69, 9.17) is 16.0 Å². The minimum absolute atomic E-state index is 0.218. The van der Waals surface area contributed by atoms with E-state index in [9.17, 15) is 0 Å². The van der Waals surface area contributed by atoms with Gasteiger partial charge >= 0.3 is 0 Å². The number of hydrogen-bond donors (Lipinski definition) is 2. The monoisotopic (exact) mass is 262 g/mol. The first-order chi connectivity index (χ1) is 8.72. The van der Waals surface area contributed by atoms with E-state index in [2.05, 4.69) is 20.3 Å². The van der Waals surface area contributed by atoms with E-state index in [1.807, 2.05) is 25.3 Å². The third-order valence-electron chi connectivity index (χ3n) is 2.63. The van der Waals surface area contributed by atoms with Gasteiger partial charge in [0.2, 0.25) is 5.28 Å². The van der Waals surface area contributed by atoms with Gasteiger partial charge in [-0.05, 0) is 30.7 Å². The fraction of sp³-hybridized carbons (Fsp3) is 0.167. The summed E-state index contributed by atoms with van der Waals surface area (Å²) in [7, 11) is 0. The summed E-state index contributed by atoms with van der Waals surface area (Å²) in [6, 6.07) is 3.89. The normalized spacial score (nSPS) is 11.0. The standard InChI is InChI=1S/C12H11ClN4O/c1-7-4-8(6-18-7)5-15-11-9-2-3-14-10(9)16-12(13)17-11/h2-4,6H,5H2,1H3,(H2,14,15,16,17). The molecule has 0 aliphatic heterocycles. The van der Waals surface area contributed by atoms with Gasteiger partial charge in [0.1, 0.15) is 17.2 Å². The molecule has 3 aromatic rings. The van der Waals surface area contributed by atoms with Crippen LogP contribution in [-0.2, 0) is 6.54 Å². The number of fused-ring (bicyclic) bond motifs is 1. The molecule has 5 nitrogen and oxygen atoms in total. The molecule has 3 heterocycles. The number of halogens is 1. The number of H-pyrrole nitrogens is 1. The highest BCUT2D eigenvalue weighted by atomic mass is 35.5. The summed E-state index contributed by atoms with van der Waals surface area (Å²) in [5.74, 6) is 1.60. The highest BCUT2D eigenvalue weighted by molar-refractivity contribution is 6.28. The van der Waals surface area contributed by atoms with E-state index in [-0.39, 0.29) is 5.28 Å². The average Bonchev–Trinajstić information content (AvgIpc) is 2.94. The molecule has 0 radical (unpaired) electrons. The molecule has 0 fully saturated rings. The highest BCUT2D eigenvalue weighted by Crippen LogP contribution is 2.21. The number of aromatic amines is 1. The minimum atomic E-state index is 0.218. The average molecular weight is 263 g/mol. The van der Waals surface area contributed by atoms with Gasteiger partial charge < -0.3 is 14.7 Å². The number of anilines is 1. The molecule has 0 aromatic carbocycles. The van der Waals surface area contributed by atoms with Gasteiger partial charge in [0.15, 0.2) is 0 Å². The summed E-state index contributed by atoms with van der Waals surface area (Å²) in [5, 5.41) is 4.36. The van der Waals surface area contributed by atoms with Gasteiger partial charge in [0.25, 0.3) is 0 Å². The Bertz CT molecular complexity index is 688. The van der Waals surface area contributed by atoms with Crippen molar-refractivity contribution >= 4 is 28.5 Å². The second-order valence-corrected chi connectivity index (χ2v) is 4.34. The Balaban J connectivity index is 1.87. The molecule has 0 unspecified atom stereocenters. The van der Waals surface area contributed by atoms with Crippen LogP contribution < -0.4 is 5.32 Å². The highest BCUT2D eigenvalue weighted by Gasteiger charge is 2.07. The van der Waals surface area contributed by atoms with Crippen molar-refractivity contribution < 1.29 is 4.42 Å². The van der Waals surface area contributed by atoms with Crippen LogP contribution in [0.5, 0.6) is 0 Å². The lowest BCUT2D eigenvalue weighted by molar-refractivity contribution is 0.532. The van der Waals surface area contributed by atoms with E-state index in [1.54, 1.807) is 6.26 Å². The molecular formula is C12H11ClN4O. The third kappa shape index (κ3) is 2.04. The molecule has 0 saturated heterocycles. The van der Waals surface area contributed by atoms with Gasteiger partial charge in [-0.15, -0.1) is 0 Å². The van der Waals surface area contributed by atoms with Crippen LogP contribution in [0.4, 0.5) is 5.82 Å². The molecule has 18 heavy (non-hydrogen) atoms. The van der Waals surface area contributed by atoms with Crippen LogP contribution in [0.15, 0.2) is 29.0 Å². The molecule has 0 atom stereocenters. The molecule has 3 rings (SSSR count). The van der Waals surface area contributed by atoms with E-state index in [0.717, 1.165) is 22.4 Å². The topological polar surface area (TPSA) is 66.7 Å². The fourth-order valence-corrected chi connectivity index (χ4v) is 1.99. The summed E-state index contributed by atoms with van der Waals surface area (Å²) in [5.41, 5.74) is 1.78. The Morgan fingerprint density at radius 1 is 1.44 bits per heavy atom. The lowest BCUT2D eigenvalue weighted by Gasteiger charge is -2.05. The number of aryl methyl sites for hydroxylation is 1. The number of rotatable bonds is 3. The van der Waals surface area contributed by atoms with Crippen molar-refractivity contribution in [2.24, 2.45) is 0 Å². The number of hydrogen-bond acceptors (Lipinski definition) is 4. The maximum Gasteiger partial charge on any atom is 0.226 e. The van der Waals surface area contributed by atoms with Crippen LogP contribution in [-0.4, -0.2) is 15.0 Å². The fourth-order valence-electron chi connectivity index (χ4n) is 1.82. The molecule has 92 valence electrons. The SMILES string of the molecule is Cc1cc(CNc2nc(Cl)nc3[nH]ccc23)co1. The van der Waals surface area contributed by atoms with Crippen LogP contribution >= 0.6 is 11.6 Å². The van der Waals surface area contributed by atoms with Crippen LogP contribution in [0.1, 0.15) is 11.3 Å². The Hall–Kier alpha value is -2.01. The molecule has 3 aromatic heterocycles. The smallest absolute Gasteiger partial charge is 0.226 e. The van der Waals surface area contributed by atoms with Crippen LogP contribution in [0.25, 0.3) is 11.0 Å². The quantitative estimate of drug-likeness (QED) is 0.712. The lowest BCUT2D eigenvalue weighted by atomic mass is 10.3. The summed E-state index contributed by atoms with van der Waals surface area (Å²) in [6.45, 7) is 2.54. The van der Waals surface area contributed by atoms with Crippen LogP contribution in [0.3, 0.4) is 0 Å². The second kappa shape index (κ2) is 4.34. The molecule has 0 aliphatic rings. The first kappa shape index (κ1) is 11.1. The molecule has 0 aliphatic carbocycles. The number of nitrogens with one attached hydrogen (secondary N) is 2. The van der Waals surface area contributed by atoms with Gasteiger partial charge in [-0.2, -0.15) is 4.98 Å². The summed E-state index contributed by atoms with van der Waals surface area (Å²) in [4.78, 5) is 11.3.